The number of hydrogen-bond acceptors (Lipinski definition) is 8. The normalized spacial score (nSPS) is 19.9. The van der Waals surface area contributed by atoms with Crippen molar-refractivity contribution in [3.05, 3.63) is 93.1 Å². The fraction of sp³-hybridized carbons (Fsp3) is 0.176. The summed E-state index contributed by atoms with van der Waals surface area (Å²) in [5.41, 5.74) is 4.89. The molecule has 0 bridgehead atoms. The Morgan fingerprint density at radius 3 is 1.24 bits per heavy atom. The van der Waals surface area contributed by atoms with Gasteiger partial charge in [0.1, 0.15) is 0 Å². The number of isocyanates is 4. The Morgan fingerprint density at radius 2 is 0.905 bits per heavy atom. The van der Waals surface area contributed by atoms with Gasteiger partial charge in [-0.1, -0.05) is 60.7 Å². The highest BCUT2D eigenvalue weighted by molar-refractivity contribution is 6.09. The van der Waals surface area contributed by atoms with Gasteiger partial charge in [-0.25, -0.2) is 19.2 Å². The van der Waals surface area contributed by atoms with Crippen LogP contribution in [0.2, 0.25) is 0 Å². The van der Waals surface area contributed by atoms with Gasteiger partial charge in [0.2, 0.25) is 35.6 Å². The highest BCUT2D eigenvalue weighted by Gasteiger charge is 2.42. The van der Waals surface area contributed by atoms with E-state index in [0.29, 0.717) is 22.3 Å². The first-order valence-corrected chi connectivity index (χ1v) is 13.2. The fourth-order valence-corrected chi connectivity index (χ4v) is 6.77. The van der Waals surface area contributed by atoms with Crippen molar-refractivity contribution < 1.29 is 19.2 Å². The number of hydrogen-bond donors (Lipinski definition) is 0. The van der Waals surface area contributed by atoms with Gasteiger partial charge in [0, 0.05) is 11.1 Å². The summed E-state index contributed by atoms with van der Waals surface area (Å²) < 4.78 is 0. The van der Waals surface area contributed by atoms with Crippen molar-refractivity contribution in [3.8, 4) is 11.1 Å². The van der Waals surface area contributed by atoms with Gasteiger partial charge in [0.05, 0.1) is 0 Å². The Morgan fingerprint density at radius 1 is 0.548 bits per heavy atom. The Hall–Kier alpha value is -5.60. The van der Waals surface area contributed by atoms with Crippen molar-refractivity contribution in [2.75, 3.05) is 0 Å². The van der Waals surface area contributed by atoms with Crippen LogP contribution >= 0.6 is 0 Å². The molecule has 0 atom stereocenters. The molecule has 0 unspecified atom stereocenters. The monoisotopic (exact) mass is 550 g/mol. The van der Waals surface area contributed by atoms with Crippen LogP contribution in [0.4, 0.5) is 0 Å². The number of benzene rings is 4. The Balaban J connectivity index is 1.81. The maximum atomic E-state index is 11.6. The minimum absolute atomic E-state index is 0.570. The van der Waals surface area contributed by atoms with Crippen LogP contribution in [-0.2, 0) is 30.5 Å². The molecule has 0 aromatic heterocycles. The minimum Gasteiger partial charge on any atom is -0.211 e. The SMILES string of the molecule is CC1=Cc2c(-c3c(C)cc4cccc5c4c3C=C(C)C5(N=C=O)N=C=O)c(C)cc3cccc(c23)C1(N=C=O)N=C=O. The molecule has 4 aromatic carbocycles. The predicted octanol–water partition coefficient (Wildman–Crippen LogP) is 6.76. The number of nitrogens with zero attached hydrogens (tertiary/aromatic N) is 4. The maximum absolute atomic E-state index is 11.6. The molecule has 0 saturated heterocycles. The molecule has 0 aliphatic heterocycles. The molecule has 0 radical (unpaired) electrons. The van der Waals surface area contributed by atoms with Gasteiger partial charge in [-0.2, -0.15) is 20.0 Å². The topological polar surface area (TPSA) is 118 Å². The first-order chi connectivity index (χ1) is 20.3. The summed E-state index contributed by atoms with van der Waals surface area (Å²) in [5.74, 6) is 0. The zero-order valence-corrected chi connectivity index (χ0v) is 23.2. The van der Waals surface area contributed by atoms with Gasteiger partial charge in [0.15, 0.2) is 0 Å². The molecule has 2 aliphatic carbocycles. The lowest BCUT2D eigenvalue weighted by atomic mass is 9.74. The molecule has 202 valence electrons. The lowest BCUT2D eigenvalue weighted by Crippen LogP contribution is -2.26. The number of rotatable bonds is 5. The summed E-state index contributed by atoms with van der Waals surface area (Å²) in [5, 5.41) is 3.42. The predicted molar refractivity (Wildman–Crippen MR) is 160 cm³/mol. The molecular formula is C34H22N4O4. The van der Waals surface area contributed by atoms with Gasteiger partial charge in [0.25, 0.3) is 0 Å². The molecule has 2 aliphatic rings. The van der Waals surface area contributed by atoms with Crippen LogP contribution in [0.5, 0.6) is 0 Å². The van der Waals surface area contributed by atoms with Crippen molar-refractivity contribution in [3.63, 3.8) is 0 Å². The van der Waals surface area contributed by atoms with Gasteiger partial charge in [-0.15, -0.1) is 0 Å². The van der Waals surface area contributed by atoms with Crippen LogP contribution in [0.3, 0.4) is 0 Å². The third-order valence-corrected chi connectivity index (χ3v) is 8.46. The molecule has 0 fully saturated rings. The van der Waals surface area contributed by atoms with Gasteiger partial charge >= 0.3 is 0 Å². The van der Waals surface area contributed by atoms with E-state index in [1.807, 2.05) is 62.4 Å². The molecule has 0 saturated carbocycles. The average molecular weight is 551 g/mol. The molecule has 6 rings (SSSR count). The first kappa shape index (κ1) is 26.6. The molecule has 8 heteroatoms. The summed E-state index contributed by atoms with van der Waals surface area (Å²) in [6.45, 7) is 7.63. The van der Waals surface area contributed by atoms with Crippen molar-refractivity contribution in [1.82, 2.24) is 0 Å². The summed E-state index contributed by atoms with van der Waals surface area (Å²) in [7, 11) is 0. The number of aryl methyl sites for hydroxylation is 2. The smallest absolute Gasteiger partial charge is 0.211 e. The number of carbonyl (C=O) groups excluding carboxylic acids is 4. The average Bonchev–Trinajstić information content (AvgIpc) is 2.95. The van der Waals surface area contributed by atoms with E-state index < -0.39 is 11.3 Å². The maximum Gasteiger partial charge on any atom is 0.238 e. The molecule has 4 aromatic rings. The second-order valence-electron chi connectivity index (χ2n) is 10.6. The summed E-state index contributed by atoms with van der Waals surface area (Å²) in [6.07, 6.45) is 10.2. The van der Waals surface area contributed by atoms with Gasteiger partial charge < -0.3 is 0 Å². The minimum atomic E-state index is -1.56. The third kappa shape index (κ3) is 3.39. The van der Waals surface area contributed by atoms with Crippen LogP contribution in [0, 0.1) is 13.8 Å². The van der Waals surface area contributed by atoms with E-state index in [-0.39, 0.29) is 0 Å². The van der Waals surface area contributed by atoms with Crippen LogP contribution in [-0.4, -0.2) is 24.3 Å². The second-order valence-corrected chi connectivity index (χ2v) is 10.6. The number of aliphatic imine (C=N–C) groups is 4. The fourth-order valence-electron chi connectivity index (χ4n) is 6.77. The van der Waals surface area contributed by atoms with Gasteiger partial charge in [-0.3, -0.25) is 0 Å². The van der Waals surface area contributed by atoms with Crippen LogP contribution in [0.25, 0.3) is 44.8 Å². The van der Waals surface area contributed by atoms with Crippen molar-refractivity contribution in [1.29, 1.82) is 0 Å². The summed E-state index contributed by atoms with van der Waals surface area (Å²) in [4.78, 5) is 62.3. The largest absolute Gasteiger partial charge is 0.238 e. The molecule has 0 amide bonds. The van der Waals surface area contributed by atoms with E-state index in [9.17, 15) is 19.2 Å². The molecule has 0 N–H and O–H groups in total. The summed E-state index contributed by atoms with van der Waals surface area (Å²) >= 11 is 0. The Labute approximate surface area is 240 Å². The zero-order valence-electron chi connectivity index (χ0n) is 23.2. The highest BCUT2D eigenvalue weighted by Crippen LogP contribution is 2.52. The zero-order chi connectivity index (χ0) is 29.8. The van der Waals surface area contributed by atoms with E-state index in [1.54, 1.807) is 38.2 Å². The first-order valence-electron chi connectivity index (χ1n) is 13.2. The van der Waals surface area contributed by atoms with E-state index in [4.69, 9.17) is 0 Å². The van der Waals surface area contributed by atoms with E-state index in [1.165, 1.54) is 0 Å². The van der Waals surface area contributed by atoms with E-state index in [0.717, 1.165) is 54.9 Å². The van der Waals surface area contributed by atoms with Crippen LogP contribution < -0.4 is 0 Å². The van der Waals surface area contributed by atoms with Crippen molar-refractivity contribution >= 4 is 58.0 Å². The lowest BCUT2D eigenvalue weighted by molar-refractivity contribution is 0.512. The van der Waals surface area contributed by atoms with Gasteiger partial charge in [-0.05, 0) is 93.8 Å². The second kappa shape index (κ2) is 9.50. The lowest BCUT2D eigenvalue weighted by Gasteiger charge is -2.33. The molecule has 0 spiro atoms. The Kier molecular flexibility index (Phi) is 6.02. The molecule has 42 heavy (non-hydrogen) atoms. The molecule has 8 nitrogen and oxygen atoms in total. The molecular weight excluding hydrogens is 528 g/mol. The Bertz CT molecular complexity index is 1970. The van der Waals surface area contributed by atoms with E-state index >= 15 is 0 Å². The van der Waals surface area contributed by atoms with Crippen molar-refractivity contribution in [2.45, 2.75) is 39.0 Å². The highest BCUT2D eigenvalue weighted by atomic mass is 16.1. The van der Waals surface area contributed by atoms with Crippen LogP contribution in [0.15, 0.2) is 79.6 Å². The third-order valence-electron chi connectivity index (χ3n) is 8.46. The summed E-state index contributed by atoms with van der Waals surface area (Å²) in [6, 6.07) is 15.4. The molecule has 0 heterocycles. The van der Waals surface area contributed by atoms with Crippen molar-refractivity contribution in [2.24, 2.45) is 20.0 Å². The van der Waals surface area contributed by atoms with E-state index in [2.05, 4.69) is 32.1 Å². The quantitative estimate of drug-likeness (QED) is 0.201. The van der Waals surface area contributed by atoms with Crippen LogP contribution in [0.1, 0.15) is 47.2 Å². The standard InChI is InChI=1S/C34H22N4O4/c1-19-11-23-7-5-9-27-31(23)25(13-21(3)33(27,35-15-39)36-16-40)29(19)30-20(2)12-24-8-6-10-28-32(24)26(30)14-22(4)34(28,37-17-41)38-18-42/h5-14H,1-4H3.